The zero-order valence-electron chi connectivity index (χ0n) is 16.9. The number of hydrogen-bond donors (Lipinski definition) is 3. The second kappa shape index (κ2) is 8.34. The van der Waals surface area contributed by atoms with Gasteiger partial charge in [0.15, 0.2) is 0 Å². The van der Waals surface area contributed by atoms with Crippen LogP contribution in [-0.4, -0.2) is 30.3 Å². The van der Waals surface area contributed by atoms with Crippen LogP contribution in [0.5, 0.6) is 0 Å². The van der Waals surface area contributed by atoms with E-state index in [1.54, 1.807) is 13.8 Å². The molecule has 0 unspecified atom stereocenters. The number of fused-ring (bicyclic) bond motifs is 1. The van der Waals surface area contributed by atoms with Gasteiger partial charge in [-0.15, -0.1) is 0 Å². The molecule has 1 amide bonds. The molecule has 0 aliphatic carbocycles. The van der Waals surface area contributed by atoms with Crippen LogP contribution in [0.2, 0.25) is 0 Å². The lowest BCUT2D eigenvalue weighted by atomic mass is 10.0. The minimum absolute atomic E-state index is 0.106. The number of carbonyl (C=O) groups excluding carboxylic acids is 1. The molecule has 3 rings (SSSR count). The molecule has 0 fully saturated rings. The molecule has 8 heteroatoms. The molecule has 2 aromatic carbocycles. The van der Waals surface area contributed by atoms with Gasteiger partial charge >= 0.3 is 0 Å². The highest BCUT2D eigenvalue weighted by Gasteiger charge is 2.23. The average molecular weight is 415 g/mol. The van der Waals surface area contributed by atoms with E-state index in [-0.39, 0.29) is 28.8 Å². The first-order valence-corrected chi connectivity index (χ1v) is 11.0. The zero-order valence-corrected chi connectivity index (χ0v) is 17.7. The zero-order chi connectivity index (χ0) is 21.2. The minimum atomic E-state index is -3.59. The summed E-state index contributed by atoms with van der Waals surface area (Å²) >= 11 is 0. The van der Waals surface area contributed by atoms with E-state index in [1.165, 1.54) is 24.3 Å². The van der Waals surface area contributed by atoms with Gasteiger partial charge in [0, 0.05) is 11.6 Å². The van der Waals surface area contributed by atoms with Crippen molar-refractivity contribution in [2.45, 2.75) is 44.7 Å². The first-order valence-electron chi connectivity index (χ1n) is 9.55. The van der Waals surface area contributed by atoms with E-state index in [9.17, 15) is 13.2 Å². The number of benzene rings is 2. The predicted molar refractivity (Wildman–Crippen MR) is 113 cm³/mol. The molecule has 154 valence electrons. The van der Waals surface area contributed by atoms with Crippen molar-refractivity contribution in [2.24, 2.45) is 5.92 Å². The number of nitrogens with one attached hydrogen (secondary N) is 3. The Morgan fingerprint density at radius 2 is 1.66 bits per heavy atom. The molecule has 29 heavy (non-hydrogen) atoms. The van der Waals surface area contributed by atoms with Gasteiger partial charge in [-0.2, -0.15) is 0 Å². The highest BCUT2D eigenvalue weighted by atomic mass is 32.2. The fourth-order valence-corrected chi connectivity index (χ4v) is 4.31. The summed E-state index contributed by atoms with van der Waals surface area (Å²) in [4.78, 5) is 20.8. The maximum atomic E-state index is 12.8. The number of aromatic nitrogens is 2. The van der Waals surface area contributed by atoms with Crippen LogP contribution < -0.4 is 10.0 Å². The van der Waals surface area contributed by atoms with Crippen LogP contribution in [0.15, 0.2) is 53.4 Å². The third-order valence-corrected chi connectivity index (χ3v) is 6.15. The Labute approximate surface area is 171 Å². The van der Waals surface area contributed by atoms with Crippen LogP contribution in [-0.2, 0) is 10.0 Å². The number of rotatable bonds is 7. The van der Waals surface area contributed by atoms with Gasteiger partial charge in [-0.25, -0.2) is 18.1 Å². The van der Waals surface area contributed by atoms with E-state index < -0.39 is 10.0 Å². The lowest BCUT2D eigenvalue weighted by molar-refractivity contribution is 0.0923. The highest BCUT2D eigenvalue weighted by Crippen LogP contribution is 2.23. The number of H-pyrrole nitrogens is 1. The Morgan fingerprint density at radius 1 is 1.00 bits per heavy atom. The van der Waals surface area contributed by atoms with Crippen molar-refractivity contribution in [2.75, 3.05) is 0 Å². The van der Waals surface area contributed by atoms with Crippen molar-refractivity contribution in [1.29, 1.82) is 0 Å². The van der Waals surface area contributed by atoms with Gasteiger partial charge in [-0.1, -0.05) is 26.0 Å². The summed E-state index contributed by atoms with van der Waals surface area (Å²) in [7, 11) is -3.59. The Kier molecular flexibility index (Phi) is 6.04. The summed E-state index contributed by atoms with van der Waals surface area (Å²) in [6, 6.07) is 13.1. The Morgan fingerprint density at radius 3 is 2.24 bits per heavy atom. The molecule has 3 N–H and O–H groups in total. The Balaban J connectivity index is 1.80. The molecule has 0 bridgehead atoms. The standard InChI is InChI=1S/C21H26N4O3S/c1-13(2)19(20-22-17-7-5-6-8-18(17)23-20)24-21(26)15-9-11-16(12-10-15)29(27,28)25-14(3)4/h5-14,19,25H,1-4H3,(H,22,23)(H,24,26)/t19-/m1/s1. The smallest absolute Gasteiger partial charge is 0.251 e. The molecule has 0 saturated carbocycles. The van der Waals surface area contributed by atoms with Gasteiger partial charge in [0.1, 0.15) is 5.82 Å². The van der Waals surface area contributed by atoms with E-state index in [0.717, 1.165) is 11.0 Å². The van der Waals surface area contributed by atoms with Crippen LogP contribution >= 0.6 is 0 Å². The summed E-state index contributed by atoms with van der Waals surface area (Å²) in [6.07, 6.45) is 0. The van der Waals surface area contributed by atoms with E-state index in [1.807, 2.05) is 38.1 Å². The van der Waals surface area contributed by atoms with E-state index >= 15 is 0 Å². The fraction of sp³-hybridized carbons (Fsp3) is 0.333. The molecule has 0 radical (unpaired) electrons. The Bertz CT molecular complexity index is 1070. The molecule has 0 aliphatic heterocycles. The summed E-state index contributed by atoms with van der Waals surface area (Å²) in [6.45, 7) is 7.52. The molecule has 3 aromatic rings. The second-order valence-corrected chi connectivity index (χ2v) is 9.35. The van der Waals surface area contributed by atoms with Gasteiger partial charge in [0.2, 0.25) is 10.0 Å². The average Bonchev–Trinajstić information content (AvgIpc) is 3.08. The number of amides is 1. The number of nitrogens with zero attached hydrogens (tertiary/aromatic N) is 1. The quantitative estimate of drug-likeness (QED) is 0.551. The maximum Gasteiger partial charge on any atom is 0.251 e. The van der Waals surface area contributed by atoms with Crippen molar-refractivity contribution < 1.29 is 13.2 Å². The van der Waals surface area contributed by atoms with Gasteiger partial charge in [-0.3, -0.25) is 4.79 Å². The topological polar surface area (TPSA) is 104 Å². The highest BCUT2D eigenvalue weighted by molar-refractivity contribution is 7.89. The monoisotopic (exact) mass is 414 g/mol. The number of hydrogen-bond acceptors (Lipinski definition) is 4. The molecular formula is C21H26N4O3S. The molecular weight excluding hydrogens is 388 g/mol. The Hall–Kier alpha value is -2.71. The predicted octanol–water partition coefficient (Wildman–Crippen LogP) is 3.38. The van der Waals surface area contributed by atoms with Crippen molar-refractivity contribution >= 4 is 27.0 Å². The number of sulfonamides is 1. The van der Waals surface area contributed by atoms with Crippen molar-refractivity contribution in [1.82, 2.24) is 20.0 Å². The molecule has 0 saturated heterocycles. The van der Waals surface area contributed by atoms with Crippen molar-refractivity contribution in [3.05, 3.63) is 59.9 Å². The third kappa shape index (κ3) is 4.83. The number of aromatic amines is 1. The second-order valence-electron chi connectivity index (χ2n) is 7.63. The first-order chi connectivity index (χ1) is 13.7. The molecule has 1 atom stereocenters. The molecule has 1 heterocycles. The lowest BCUT2D eigenvalue weighted by Gasteiger charge is -2.20. The first kappa shape index (κ1) is 21.0. The lowest BCUT2D eigenvalue weighted by Crippen LogP contribution is -2.32. The SMILES string of the molecule is CC(C)NS(=O)(=O)c1ccc(C(=O)N[C@@H](c2nc3ccccc3[nH]2)C(C)C)cc1. The maximum absolute atomic E-state index is 12.8. The van der Waals surface area contributed by atoms with Crippen LogP contribution in [0.3, 0.4) is 0 Å². The minimum Gasteiger partial charge on any atom is -0.342 e. The molecule has 0 aliphatic rings. The number of carbonyl (C=O) groups is 1. The van der Waals surface area contributed by atoms with Crippen LogP contribution in [0.25, 0.3) is 11.0 Å². The van der Waals surface area contributed by atoms with Gasteiger partial charge in [-0.05, 0) is 56.2 Å². The normalized spacial score (nSPS) is 13.2. The van der Waals surface area contributed by atoms with Crippen LogP contribution in [0.4, 0.5) is 0 Å². The molecule has 7 nitrogen and oxygen atoms in total. The van der Waals surface area contributed by atoms with Crippen LogP contribution in [0.1, 0.15) is 49.9 Å². The van der Waals surface area contributed by atoms with Crippen LogP contribution in [0, 0.1) is 5.92 Å². The third-order valence-electron chi connectivity index (χ3n) is 4.47. The molecule has 0 spiro atoms. The van der Waals surface area contributed by atoms with Gasteiger partial charge in [0.25, 0.3) is 5.91 Å². The van der Waals surface area contributed by atoms with Crippen molar-refractivity contribution in [3.8, 4) is 0 Å². The van der Waals surface area contributed by atoms with E-state index in [0.29, 0.717) is 11.4 Å². The summed E-state index contributed by atoms with van der Waals surface area (Å²) in [5, 5.41) is 3.00. The van der Waals surface area contributed by atoms with Gasteiger partial charge < -0.3 is 10.3 Å². The van der Waals surface area contributed by atoms with E-state index in [2.05, 4.69) is 20.0 Å². The number of imidazole rings is 1. The van der Waals surface area contributed by atoms with Crippen molar-refractivity contribution in [3.63, 3.8) is 0 Å². The fourth-order valence-electron chi connectivity index (χ4n) is 3.06. The molecule has 1 aromatic heterocycles. The number of para-hydroxylation sites is 2. The summed E-state index contributed by atoms with van der Waals surface area (Å²) in [5.41, 5.74) is 2.14. The van der Waals surface area contributed by atoms with E-state index in [4.69, 9.17) is 0 Å². The van der Waals surface area contributed by atoms with Gasteiger partial charge in [0.05, 0.1) is 22.0 Å². The summed E-state index contributed by atoms with van der Waals surface area (Å²) in [5.74, 6) is 0.509. The largest absolute Gasteiger partial charge is 0.342 e. The summed E-state index contributed by atoms with van der Waals surface area (Å²) < 4.78 is 27.0.